The smallest absolute Gasteiger partial charge is 0.234 e. The molecule has 1 aliphatic rings. The van der Waals surface area contributed by atoms with Gasteiger partial charge in [-0.2, -0.15) is 5.26 Å². The van der Waals surface area contributed by atoms with E-state index in [4.69, 9.17) is 5.26 Å². The number of carbonyl (C=O) groups is 1. The van der Waals surface area contributed by atoms with Crippen molar-refractivity contribution in [1.82, 2.24) is 10.2 Å². The highest BCUT2D eigenvalue weighted by atomic mass is 19.1. The Morgan fingerprint density at radius 1 is 1.50 bits per heavy atom. The van der Waals surface area contributed by atoms with Crippen LogP contribution in [0.25, 0.3) is 0 Å². The second-order valence-electron chi connectivity index (χ2n) is 4.33. The van der Waals surface area contributed by atoms with E-state index in [0.29, 0.717) is 30.8 Å². The van der Waals surface area contributed by atoms with E-state index in [1.54, 1.807) is 12.1 Å². The lowest BCUT2D eigenvalue weighted by molar-refractivity contribution is -0.121. The van der Waals surface area contributed by atoms with Crippen LogP contribution >= 0.6 is 0 Å². The monoisotopic (exact) mass is 247 g/mol. The van der Waals surface area contributed by atoms with E-state index < -0.39 is 5.82 Å². The fraction of sp³-hybridized carbons (Fsp3) is 0.385. The molecule has 0 radical (unpaired) electrons. The number of hydrogen-bond donors (Lipinski definition) is 1. The van der Waals surface area contributed by atoms with Crippen LogP contribution in [0.1, 0.15) is 17.5 Å². The van der Waals surface area contributed by atoms with Crippen molar-refractivity contribution in [3.63, 3.8) is 0 Å². The third-order valence-electron chi connectivity index (χ3n) is 2.92. The van der Waals surface area contributed by atoms with Gasteiger partial charge >= 0.3 is 0 Å². The highest BCUT2D eigenvalue weighted by Crippen LogP contribution is 2.13. The molecule has 1 aromatic carbocycles. The van der Waals surface area contributed by atoms with Gasteiger partial charge in [0.2, 0.25) is 5.91 Å². The summed E-state index contributed by atoms with van der Waals surface area (Å²) in [5.41, 5.74) is 0.827. The molecule has 0 bridgehead atoms. The van der Waals surface area contributed by atoms with Crippen molar-refractivity contribution in [3.8, 4) is 6.07 Å². The van der Waals surface area contributed by atoms with Crippen molar-refractivity contribution < 1.29 is 9.18 Å². The average molecular weight is 247 g/mol. The van der Waals surface area contributed by atoms with Gasteiger partial charge in [-0.1, -0.05) is 6.07 Å². The first-order valence-corrected chi connectivity index (χ1v) is 5.86. The van der Waals surface area contributed by atoms with Gasteiger partial charge in [0, 0.05) is 25.2 Å². The van der Waals surface area contributed by atoms with Gasteiger partial charge in [0.25, 0.3) is 0 Å². The lowest BCUT2D eigenvalue weighted by Crippen LogP contribution is -2.32. The lowest BCUT2D eigenvalue weighted by atomic mass is 10.1. The van der Waals surface area contributed by atoms with Crippen molar-refractivity contribution in [1.29, 1.82) is 5.26 Å². The Kier molecular flexibility index (Phi) is 3.90. The van der Waals surface area contributed by atoms with Crippen LogP contribution < -0.4 is 5.32 Å². The molecule has 1 aromatic rings. The number of nitriles is 1. The Morgan fingerprint density at radius 3 is 3.06 bits per heavy atom. The van der Waals surface area contributed by atoms with Crippen LogP contribution in [0.5, 0.6) is 0 Å². The van der Waals surface area contributed by atoms with Gasteiger partial charge in [0.1, 0.15) is 5.82 Å². The largest absolute Gasteiger partial charge is 0.355 e. The fourth-order valence-corrected chi connectivity index (χ4v) is 1.99. The summed E-state index contributed by atoms with van der Waals surface area (Å²) in [5, 5.41) is 11.4. The molecule has 0 saturated carbocycles. The van der Waals surface area contributed by atoms with Crippen molar-refractivity contribution in [2.24, 2.45) is 0 Å². The molecule has 18 heavy (non-hydrogen) atoms. The SMILES string of the molecule is N#Cc1ccc(CN2CCCNC(=O)C2)c(F)c1. The van der Waals surface area contributed by atoms with Gasteiger partial charge in [0.15, 0.2) is 0 Å². The maximum absolute atomic E-state index is 13.7. The van der Waals surface area contributed by atoms with E-state index >= 15 is 0 Å². The number of halogens is 1. The molecule has 4 nitrogen and oxygen atoms in total. The molecule has 1 heterocycles. The van der Waals surface area contributed by atoms with Crippen LogP contribution in [0.4, 0.5) is 4.39 Å². The number of amides is 1. The number of carbonyl (C=O) groups excluding carboxylic acids is 1. The van der Waals surface area contributed by atoms with E-state index in [9.17, 15) is 9.18 Å². The molecule has 0 atom stereocenters. The van der Waals surface area contributed by atoms with Crippen LogP contribution in [0.3, 0.4) is 0 Å². The fourth-order valence-electron chi connectivity index (χ4n) is 1.99. The Balaban J connectivity index is 2.08. The Morgan fingerprint density at radius 2 is 2.33 bits per heavy atom. The van der Waals surface area contributed by atoms with Gasteiger partial charge in [-0.3, -0.25) is 9.69 Å². The summed E-state index contributed by atoms with van der Waals surface area (Å²) < 4.78 is 13.7. The molecule has 0 aliphatic carbocycles. The Labute approximate surface area is 105 Å². The summed E-state index contributed by atoms with van der Waals surface area (Å²) in [6.45, 7) is 2.12. The highest BCUT2D eigenvalue weighted by Gasteiger charge is 2.16. The van der Waals surface area contributed by atoms with Crippen LogP contribution in [-0.2, 0) is 11.3 Å². The van der Waals surface area contributed by atoms with E-state index in [1.165, 1.54) is 6.07 Å². The van der Waals surface area contributed by atoms with E-state index in [0.717, 1.165) is 13.0 Å². The predicted molar refractivity (Wildman–Crippen MR) is 64.0 cm³/mol. The zero-order chi connectivity index (χ0) is 13.0. The second kappa shape index (κ2) is 5.61. The zero-order valence-electron chi connectivity index (χ0n) is 9.95. The first-order chi connectivity index (χ1) is 8.69. The highest BCUT2D eigenvalue weighted by molar-refractivity contribution is 5.78. The third-order valence-corrected chi connectivity index (χ3v) is 2.92. The minimum Gasteiger partial charge on any atom is -0.355 e. The van der Waals surface area contributed by atoms with Gasteiger partial charge in [-0.05, 0) is 18.6 Å². The topological polar surface area (TPSA) is 56.1 Å². The molecule has 1 amide bonds. The predicted octanol–water partition coefficient (Wildman–Crippen LogP) is 1.02. The second-order valence-corrected chi connectivity index (χ2v) is 4.33. The van der Waals surface area contributed by atoms with Crippen molar-refractivity contribution in [2.45, 2.75) is 13.0 Å². The van der Waals surface area contributed by atoms with Gasteiger partial charge < -0.3 is 5.32 Å². The number of hydrogen-bond acceptors (Lipinski definition) is 3. The standard InChI is InChI=1S/C13H14FN3O/c14-12-6-10(7-15)2-3-11(12)8-17-5-1-4-16-13(18)9-17/h2-3,6H,1,4-5,8-9H2,(H,16,18). The summed E-state index contributed by atoms with van der Waals surface area (Å²) in [6, 6.07) is 6.33. The van der Waals surface area contributed by atoms with Crippen LogP contribution in [0, 0.1) is 17.1 Å². The number of nitrogens with one attached hydrogen (secondary N) is 1. The molecule has 1 N–H and O–H groups in total. The normalized spacial score (nSPS) is 16.8. The molecular weight excluding hydrogens is 233 g/mol. The molecule has 1 fully saturated rings. The van der Waals surface area contributed by atoms with Crippen molar-refractivity contribution in [3.05, 3.63) is 35.1 Å². The number of benzene rings is 1. The Bertz CT molecular complexity index is 495. The molecule has 5 heteroatoms. The summed E-state index contributed by atoms with van der Waals surface area (Å²) in [5.74, 6) is -0.416. The Hall–Kier alpha value is -1.93. The molecule has 1 aliphatic heterocycles. The number of rotatable bonds is 2. The maximum Gasteiger partial charge on any atom is 0.234 e. The van der Waals surface area contributed by atoms with Gasteiger partial charge in [-0.15, -0.1) is 0 Å². The molecule has 0 unspecified atom stereocenters. The first-order valence-electron chi connectivity index (χ1n) is 5.86. The molecule has 0 aromatic heterocycles. The quantitative estimate of drug-likeness (QED) is 0.849. The van der Waals surface area contributed by atoms with Crippen molar-refractivity contribution >= 4 is 5.91 Å². The molecule has 0 spiro atoms. The van der Waals surface area contributed by atoms with Gasteiger partial charge in [-0.25, -0.2) is 4.39 Å². The molecule has 94 valence electrons. The third kappa shape index (κ3) is 3.05. The molecular formula is C13H14FN3O. The minimum atomic E-state index is -0.390. The number of nitrogens with zero attached hydrogens (tertiary/aromatic N) is 2. The zero-order valence-corrected chi connectivity index (χ0v) is 9.95. The van der Waals surface area contributed by atoms with E-state index in [2.05, 4.69) is 5.32 Å². The van der Waals surface area contributed by atoms with E-state index in [-0.39, 0.29) is 5.91 Å². The summed E-state index contributed by atoms with van der Waals surface area (Å²) >= 11 is 0. The minimum absolute atomic E-state index is 0.0263. The lowest BCUT2D eigenvalue weighted by Gasteiger charge is -2.18. The van der Waals surface area contributed by atoms with Crippen LogP contribution in [0.2, 0.25) is 0 Å². The maximum atomic E-state index is 13.7. The first kappa shape index (κ1) is 12.5. The summed E-state index contributed by atoms with van der Waals surface area (Å²) in [7, 11) is 0. The molecule has 1 saturated heterocycles. The van der Waals surface area contributed by atoms with Gasteiger partial charge in [0.05, 0.1) is 18.2 Å². The van der Waals surface area contributed by atoms with Crippen molar-refractivity contribution in [2.75, 3.05) is 19.6 Å². The summed E-state index contributed by atoms with van der Waals surface area (Å²) in [6.07, 6.45) is 0.865. The van der Waals surface area contributed by atoms with E-state index in [1.807, 2.05) is 11.0 Å². The average Bonchev–Trinajstić information content (AvgIpc) is 2.56. The summed E-state index contributed by atoms with van der Waals surface area (Å²) in [4.78, 5) is 13.3. The van der Waals surface area contributed by atoms with Crippen LogP contribution in [-0.4, -0.2) is 30.4 Å². The molecule has 2 rings (SSSR count). The van der Waals surface area contributed by atoms with Crippen LogP contribution in [0.15, 0.2) is 18.2 Å².